The van der Waals surface area contributed by atoms with Gasteiger partial charge in [-0.15, -0.1) is 0 Å². The zero-order valence-corrected chi connectivity index (χ0v) is 16.4. The van der Waals surface area contributed by atoms with Gasteiger partial charge in [0.2, 0.25) is 0 Å². The van der Waals surface area contributed by atoms with Crippen LogP contribution in [0, 0.1) is 31.0 Å². The molecule has 29 heavy (non-hydrogen) atoms. The van der Waals surface area contributed by atoms with Crippen molar-refractivity contribution in [1.82, 2.24) is 0 Å². The van der Waals surface area contributed by atoms with Crippen LogP contribution in [-0.2, 0) is 11.2 Å². The molecule has 0 bridgehead atoms. The highest BCUT2D eigenvalue weighted by molar-refractivity contribution is 6.09. The molecule has 0 heterocycles. The summed E-state index contributed by atoms with van der Waals surface area (Å²) in [6, 6.07) is 21.7. The summed E-state index contributed by atoms with van der Waals surface area (Å²) in [5.74, 6) is -0.679. The van der Waals surface area contributed by atoms with Crippen LogP contribution in [0.3, 0.4) is 0 Å². The van der Waals surface area contributed by atoms with Crippen molar-refractivity contribution in [2.24, 2.45) is 0 Å². The molecule has 0 saturated heterocycles. The Morgan fingerprint density at radius 3 is 2.45 bits per heavy atom. The smallest absolute Gasteiger partial charge is 0.266 e. The van der Waals surface area contributed by atoms with Gasteiger partial charge in [0.15, 0.2) is 0 Å². The van der Waals surface area contributed by atoms with E-state index in [0.717, 1.165) is 22.3 Å². The number of benzene rings is 3. The molecule has 144 valence electrons. The van der Waals surface area contributed by atoms with E-state index >= 15 is 0 Å². The lowest BCUT2D eigenvalue weighted by molar-refractivity contribution is -0.112. The molecule has 0 radical (unpaired) electrons. The third kappa shape index (κ3) is 5.18. The fraction of sp³-hybridized carbons (Fsp3) is 0.120. The Labute approximate surface area is 170 Å². The molecule has 3 aromatic carbocycles. The number of aryl methyl sites for hydroxylation is 2. The van der Waals surface area contributed by atoms with E-state index < -0.39 is 5.91 Å². The van der Waals surface area contributed by atoms with Gasteiger partial charge in [0.1, 0.15) is 17.5 Å². The Hall–Kier alpha value is -3.71. The third-order valence-electron chi connectivity index (χ3n) is 4.64. The number of nitrogens with zero attached hydrogens (tertiary/aromatic N) is 1. The fourth-order valence-electron chi connectivity index (χ4n) is 3.05. The third-order valence-corrected chi connectivity index (χ3v) is 4.64. The van der Waals surface area contributed by atoms with Crippen molar-refractivity contribution in [3.05, 3.63) is 106 Å². The molecule has 1 amide bonds. The first-order valence-corrected chi connectivity index (χ1v) is 9.29. The van der Waals surface area contributed by atoms with E-state index in [0.29, 0.717) is 17.7 Å². The first-order chi connectivity index (χ1) is 14.0. The highest BCUT2D eigenvalue weighted by Crippen LogP contribution is 2.18. The topological polar surface area (TPSA) is 52.9 Å². The number of nitriles is 1. The molecule has 3 nitrogen and oxygen atoms in total. The van der Waals surface area contributed by atoms with Crippen molar-refractivity contribution in [2.45, 2.75) is 20.3 Å². The molecule has 3 aromatic rings. The summed E-state index contributed by atoms with van der Waals surface area (Å²) in [5.41, 5.74) is 5.05. The maximum Gasteiger partial charge on any atom is 0.266 e. The second-order valence-corrected chi connectivity index (χ2v) is 6.95. The van der Waals surface area contributed by atoms with Gasteiger partial charge in [0.25, 0.3) is 5.91 Å². The van der Waals surface area contributed by atoms with Crippen LogP contribution in [-0.4, -0.2) is 5.91 Å². The molecule has 0 aliphatic heterocycles. The maximum absolute atomic E-state index is 13.8. The Kier molecular flexibility index (Phi) is 6.21. The molecular weight excluding hydrogens is 363 g/mol. The van der Waals surface area contributed by atoms with E-state index in [1.807, 2.05) is 68.4 Å². The predicted octanol–water partition coefficient (Wildman–Crippen LogP) is 5.58. The molecule has 0 spiro atoms. The number of nitrogens with one attached hydrogen (secondary N) is 1. The summed E-state index contributed by atoms with van der Waals surface area (Å²) in [4.78, 5) is 12.5. The van der Waals surface area contributed by atoms with Gasteiger partial charge in [0, 0.05) is 12.1 Å². The lowest BCUT2D eigenvalue weighted by Crippen LogP contribution is -2.14. The van der Waals surface area contributed by atoms with E-state index in [9.17, 15) is 14.4 Å². The number of hydrogen-bond acceptors (Lipinski definition) is 2. The number of rotatable bonds is 5. The van der Waals surface area contributed by atoms with Gasteiger partial charge in [-0.25, -0.2) is 4.39 Å². The molecule has 4 heteroatoms. The normalized spacial score (nSPS) is 11.0. The lowest BCUT2D eigenvalue weighted by Gasteiger charge is -2.08. The van der Waals surface area contributed by atoms with Gasteiger partial charge in [-0.1, -0.05) is 60.2 Å². The lowest BCUT2D eigenvalue weighted by atomic mass is 10.0. The van der Waals surface area contributed by atoms with Gasteiger partial charge < -0.3 is 5.32 Å². The number of amides is 1. The van der Waals surface area contributed by atoms with Crippen molar-refractivity contribution in [3.63, 3.8) is 0 Å². The predicted molar refractivity (Wildman–Crippen MR) is 114 cm³/mol. The van der Waals surface area contributed by atoms with Crippen molar-refractivity contribution < 1.29 is 9.18 Å². The quantitative estimate of drug-likeness (QED) is 0.461. The number of anilines is 1. The van der Waals surface area contributed by atoms with Gasteiger partial charge in [-0.3, -0.25) is 4.79 Å². The molecule has 3 rings (SSSR count). The van der Waals surface area contributed by atoms with Gasteiger partial charge in [-0.2, -0.15) is 5.26 Å². The van der Waals surface area contributed by atoms with Gasteiger partial charge in [-0.05, 0) is 54.3 Å². The zero-order valence-electron chi connectivity index (χ0n) is 16.4. The average Bonchev–Trinajstić information content (AvgIpc) is 2.71. The van der Waals surface area contributed by atoms with Crippen molar-refractivity contribution >= 4 is 17.7 Å². The zero-order chi connectivity index (χ0) is 20.8. The summed E-state index contributed by atoms with van der Waals surface area (Å²) in [6.45, 7) is 3.89. The van der Waals surface area contributed by atoms with E-state index in [-0.39, 0.29) is 11.4 Å². The van der Waals surface area contributed by atoms with Crippen LogP contribution in [0.4, 0.5) is 10.1 Å². The first-order valence-electron chi connectivity index (χ1n) is 9.29. The molecule has 0 unspecified atom stereocenters. The Morgan fingerprint density at radius 1 is 1.07 bits per heavy atom. The average molecular weight is 384 g/mol. The minimum absolute atomic E-state index is 0.0202. The Balaban J connectivity index is 1.74. The highest BCUT2D eigenvalue weighted by Gasteiger charge is 2.11. The number of hydrogen-bond donors (Lipinski definition) is 1. The van der Waals surface area contributed by atoms with Crippen LogP contribution < -0.4 is 5.32 Å². The maximum atomic E-state index is 13.8. The molecule has 0 atom stereocenters. The van der Waals surface area contributed by atoms with Crippen molar-refractivity contribution in [2.75, 3.05) is 5.32 Å². The largest absolute Gasteiger partial charge is 0.321 e. The monoisotopic (exact) mass is 384 g/mol. The minimum atomic E-state index is -0.449. The van der Waals surface area contributed by atoms with Gasteiger partial charge in [0.05, 0.1) is 0 Å². The van der Waals surface area contributed by atoms with E-state index in [2.05, 4.69) is 5.32 Å². The van der Waals surface area contributed by atoms with E-state index in [1.165, 1.54) is 6.07 Å². The second kappa shape index (κ2) is 8.99. The standard InChI is InChI=1S/C25H21FN2O/c1-17-7-12-24(18(2)13-17)28-25(29)22(16-27)15-20-10-8-19(9-11-20)14-21-5-3-4-6-23(21)26/h3-13,15H,14H2,1-2H3,(H,28,29)/b22-15+. The summed E-state index contributed by atoms with van der Waals surface area (Å²) >= 11 is 0. The molecule has 0 aliphatic carbocycles. The summed E-state index contributed by atoms with van der Waals surface area (Å²) < 4.78 is 13.8. The molecule has 0 fully saturated rings. The number of carbonyl (C=O) groups is 1. The van der Waals surface area contributed by atoms with Crippen LogP contribution >= 0.6 is 0 Å². The molecule has 0 saturated carbocycles. The molecular formula is C25H21FN2O. The first kappa shape index (κ1) is 20.0. The SMILES string of the molecule is Cc1ccc(NC(=O)/C(C#N)=C/c2ccc(Cc3ccccc3F)cc2)c(C)c1. The van der Waals surface area contributed by atoms with Crippen LogP contribution in [0.2, 0.25) is 0 Å². The summed E-state index contributed by atoms with van der Waals surface area (Å²) in [5, 5.41) is 12.2. The second-order valence-electron chi connectivity index (χ2n) is 6.95. The molecule has 1 N–H and O–H groups in total. The molecule has 0 aliphatic rings. The van der Waals surface area contributed by atoms with E-state index in [4.69, 9.17) is 0 Å². The van der Waals surface area contributed by atoms with Crippen LogP contribution in [0.1, 0.15) is 27.8 Å². The van der Waals surface area contributed by atoms with Crippen LogP contribution in [0.25, 0.3) is 6.08 Å². The minimum Gasteiger partial charge on any atom is -0.321 e. The van der Waals surface area contributed by atoms with E-state index in [1.54, 1.807) is 18.2 Å². The fourth-order valence-corrected chi connectivity index (χ4v) is 3.05. The van der Waals surface area contributed by atoms with Crippen molar-refractivity contribution in [1.29, 1.82) is 5.26 Å². The summed E-state index contributed by atoms with van der Waals surface area (Å²) in [7, 11) is 0. The number of halogens is 1. The van der Waals surface area contributed by atoms with Gasteiger partial charge >= 0.3 is 0 Å². The number of carbonyl (C=O) groups excluding carboxylic acids is 1. The van der Waals surface area contributed by atoms with Crippen molar-refractivity contribution in [3.8, 4) is 6.07 Å². The molecule has 0 aromatic heterocycles. The van der Waals surface area contributed by atoms with Crippen LogP contribution in [0.5, 0.6) is 0 Å². The Morgan fingerprint density at radius 2 is 1.79 bits per heavy atom. The highest BCUT2D eigenvalue weighted by atomic mass is 19.1. The van der Waals surface area contributed by atoms with Crippen LogP contribution in [0.15, 0.2) is 72.3 Å². The summed E-state index contributed by atoms with van der Waals surface area (Å²) in [6.07, 6.45) is 2.03. The Bertz CT molecular complexity index is 1110.